The van der Waals surface area contributed by atoms with Gasteiger partial charge < -0.3 is 20.7 Å². The van der Waals surface area contributed by atoms with Crippen LogP contribution >= 0.6 is 24.0 Å². The first-order valence-corrected chi connectivity index (χ1v) is 10.1. The van der Waals surface area contributed by atoms with Gasteiger partial charge in [0.25, 0.3) is 0 Å². The maximum absolute atomic E-state index is 14.3. The molecule has 2 unspecified atom stereocenters. The zero-order chi connectivity index (χ0) is 20.5. The fourth-order valence-electron chi connectivity index (χ4n) is 2.62. The molecule has 2 atom stereocenters. The lowest BCUT2D eigenvalue weighted by Gasteiger charge is -2.19. The highest BCUT2D eigenvalue weighted by molar-refractivity contribution is 14.0. The van der Waals surface area contributed by atoms with Crippen LogP contribution in [0.4, 0.5) is 4.39 Å². The molecule has 6 nitrogen and oxygen atoms in total. The maximum Gasteiger partial charge on any atom is 0.221 e. The highest BCUT2D eigenvalue weighted by Gasteiger charge is 2.22. The Morgan fingerprint density at radius 1 is 1.31 bits per heavy atom. The molecule has 164 valence electrons. The van der Waals surface area contributed by atoms with E-state index in [1.165, 1.54) is 18.9 Å². The predicted octanol–water partition coefficient (Wildman–Crippen LogP) is 3.76. The molecule has 2 rings (SSSR count). The van der Waals surface area contributed by atoms with Gasteiger partial charge in [-0.2, -0.15) is 0 Å². The Hall–Kier alpha value is -1.58. The van der Waals surface area contributed by atoms with E-state index in [0.29, 0.717) is 37.2 Å². The van der Waals surface area contributed by atoms with Crippen molar-refractivity contribution in [1.29, 1.82) is 0 Å². The van der Waals surface area contributed by atoms with Gasteiger partial charge in [-0.25, -0.2) is 4.39 Å². The number of guanidine groups is 1. The van der Waals surface area contributed by atoms with Crippen molar-refractivity contribution in [3.63, 3.8) is 0 Å². The van der Waals surface area contributed by atoms with Crippen LogP contribution in [0.5, 0.6) is 5.75 Å². The molecule has 0 saturated heterocycles. The zero-order valence-corrected chi connectivity index (χ0v) is 20.1. The number of rotatable bonds is 10. The average Bonchev–Trinajstić information content (AvgIpc) is 3.50. The van der Waals surface area contributed by atoms with E-state index in [-0.39, 0.29) is 47.8 Å². The Morgan fingerprint density at radius 3 is 2.62 bits per heavy atom. The van der Waals surface area contributed by atoms with E-state index in [0.717, 1.165) is 12.0 Å². The summed E-state index contributed by atoms with van der Waals surface area (Å²) >= 11 is 0. The highest BCUT2D eigenvalue weighted by Crippen LogP contribution is 2.30. The van der Waals surface area contributed by atoms with Crippen molar-refractivity contribution in [2.75, 3.05) is 20.2 Å². The number of nitrogens with zero attached hydrogens (tertiary/aromatic N) is 1. The van der Waals surface area contributed by atoms with Gasteiger partial charge in [0.2, 0.25) is 5.91 Å². The van der Waals surface area contributed by atoms with Crippen LogP contribution in [0.15, 0.2) is 23.2 Å². The summed E-state index contributed by atoms with van der Waals surface area (Å²) in [6, 6.07) is 5.06. The van der Waals surface area contributed by atoms with E-state index in [2.05, 4.69) is 20.9 Å². The molecule has 1 saturated carbocycles. The van der Waals surface area contributed by atoms with Crippen LogP contribution in [0, 0.1) is 11.7 Å². The third-order valence-electron chi connectivity index (χ3n) is 4.87. The molecule has 1 fully saturated rings. The monoisotopic (exact) mass is 520 g/mol. The van der Waals surface area contributed by atoms with Gasteiger partial charge in [-0.05, 0) is 56.7 Å². The van der Waals surface area contributed by atoms with Gasteiger partial charge in [-0.15, -0.1) is 24.0 Å². The molecule has 1 aromatic carbocycles. The molecule has 1 aromatic rings. The van der Waals surface area contributed by atoms with Gasteiger partial charge >= 0.3 is 0 Å². The first kappa shape index (κ1) is 25.5. The summed E-state index contributed by atoms with van der Waals surface area (Å²) in [5.41, 5.74) is 0.800. The number of nitrogens with one attached hydrogen (secondary N) is 3. The number of halogens is 2. The van der Waals surface area contributed by atoms with Crippen molar-refractivity contribution >= 4 is 35.8 Å². The molecule has 1 aliphatic carbocycles. The quantitative estimate of drug-likeness (QED) is 0.250. The molecule has 0 radical (unpaired) electrons. The van der Waals surface area contributed by atoms with E-state index in [4.69, 9.17) is 4.74 Å². The molecule has 3 N–H and O–H groups in total. The summed E-state index contributed by atoms with van der Waals surface area (Å²) in [7, 11) is 1.66. The van der Waals surface area contributed by atoms with Crippen molar-refractivity contribution in [2.24, 2.45) is 10.9 Å². The number of ether oxygens (including phenoxy) is 1. The number of carbonyl (C=O) groups is 1. The van der Waals surface area contributed by atoms with Gasteiger partial charge in [0.05, 0.1) is 12.6 Å². The Morgan fingerprint density at radius 2 is 2.03 bits per heavy atom. The molecule has 1 aliphatic rings. The van der Waals surface area contributed by atoms with Gasteiger partial charge in [-0.3, -0.25) is 9.79 Å². The minimum Gasteiger partial charge on any atom is -0.490 e. The number of amides is 1. The first-order chi connectivity index (χ1) is 13.4. The minimum atomic E-state index is -0.350. The third-order valence-corrected chi connectivity index (χ3v) is 4.87. The minimum absolute atomic E-state index is 0. The van der Waals surface area contributed by atoms with E-state index in [1.807, 2.05) is 26.8 Å². The van der Waals surface area contributed by atoms with Crippen molar-refractivity contribution in [3.8, 4) is 5.75 Å². The van der Waals surface area contributed by atoms with Crippen LogP contribution in [-0.2, 0) is 4.79 Å². The SMILES string of the molecule is CCC(C)NC(=O)CCNC(=NC)NC(C)c1ccc(OCC2CC2)c(F)c1.I. The van der Waals surface area contributed by atoms with Crippen molar-refractivity contribution in [1.82, 2.24) is 16.0 Å². The van der Waals surface area contributed by atoms with Gasteiger partial charge in [-0.1, -0.05) is 13.0 Å². The van der Waals surface area contributed by atoms with Crippen molar-refractivity contribution < 1.29 is 13.9 Å². The van der Waals surface area contributed by atoms with Crippen LogP contribution in [-0.4, -0.2) is 38.1 Å². The van der Waals surface area contributed by atoms with Crippen molar-refractivity contribution in [2.45, 2.75) is 58.5 Å². The normalized spacial score (nSPS) is 15.7. The van der Waals surface area contributed by atoms with E-state index >= 15 is 0 Å². The lowest BCUT2D eigenvalue weighted by molar-refractivity contribution is -0.121. The van der Waals surface area contributed by atoms with Gasteiger partial charge in [0.1, 0.15) is 0 Å². The highest BCUT2D eigenvalue weighted by atomic mass is 127. The topological polar surface area (TPSA) is 74.8 Å². The fourth-order valence-corrected chi connectivity index (χ4v) is 2.62. The molecule has 0 aliphatic heterocycles. The number of carbonyl (C=O) groups excluding carboxylic acids is 1. The fraction of sp³-hybridized carbons (Fsp3) is 0.619. The molecule has 8 heteroatoms. The molecule has 0 aromatic heterocycles. The van der Waals surface area contributed by atoms with Crippen LogP contribution in [0.1, 0.15) is 58.1 Å². The second-order valence-electron chi connectivity index (χ2n) is 7.44. The maximum atomic E-state index is 14.3. The molecule has 1 amide bonds. The Balaban J connectivity index is 0.00000420. The Bertz CT molecular complexity index is 683. The number of hydrogen-bond donors (Lipinski definition) is 3. The summed E-state index contributed by atoms with van der Waals surface area (Å²) in [5, 5.41) is 9.26. The second-order valence-corrected chi connectivity index (χ2v) is 7.44. The summed E-state index contributed by atoms with van der Waals surface area (Å²) < 4.78 is 19.8. The zero-order valence-electron chi connectivity index (χ0n) is 17.8. The van der Waals surface area contributed by atoms with Gasteiger partial charge in [0.15, 0.2) is 17.5 Å². The van der Waals surface area contributed by atoms with E-state index in [9.17, 15) is 9.18 Å². The van der Waals surface area contributed by atoms with E-state index < -0.39 is 0 Å². The molecular formula is C21H34FIN4O2. The molecular weight excluding hydrogens is 486 g/mol. The molecule has 0 bridgehead atoms. The van der Waals surface area contributed by atoms with Crippen LogP contribution in [0.2, 0.25) is 0 Å². The number of aliphatic imine (C=N–C) groups is 1. The molecule has 0 spiro atoms. The van der Waals surface area contributed by atoms with Crippen LogP contribution < -0.4 is 20.7 Å². The Kier molecular flexibility index (Phi) is 11.3. The Labute approximate surface area is 190 Å². The summed E-state index contributed by atoms with van der Waals surface area (Å²) in [4.78, 5) is 16.0. The van der Waals surface area contributed by atoms with Crippen LogP contribution in [0.25, 0.3) is 0 Å². The van der Waals surface area contributed by atoms with Crippen LogP contribution in [0.3, 0.4) is 0 Å². The third kappa shape index (κ3) is 9.18. The predicted molar refractivity (Wildman–Crippen MR) is 125 cm³/mol. The lowest BCUT2D eigenvalue weighted by Crippen LogP contribution is -2.41. The van der Waals surface area contributed by atoms with Crippen molar-refractivity contribution in [3.05, 3.63) is 29.6 Å². The molecule has 29 heavy (non-hydrogen) atoms. The average molecular weight is 520 g/mol. The molecule has 0 heterocycles. The summed E-state index contributed by atoms with van der Waals surface area (Å²) in [6.45, 7) is 7.00. The number of hydrogen-bond acceptors (Lipinski definition) is 3. The first-order valence-electron chi connectivity index (χ1n) is 10.1. The van der Waals surface area contributed by atoms with Gasteiger partial charge in [0, 0.05) is 26.1 Å². The summed E-state index contributed by atoms with van der Waals surface area (Å²) in [5.74, 6) is 1.11. The van der Waals surface area contributed by atoms with E-state index in [1.54, 1.807) is 13.1 Å². The summed E-state index contributed by atoms with van der Waals surface area (Å²) in [6.07, 6.45) is 3.61. The number of benzene rings is 1. The lowest BCUT2D eigenvalue weighted by atomic mass is 10.1. The standard InChI is InChI=1S/C21H33FN4O2.HI/c1-5-14(2)25-20(27)10-11-24-21(23-4)26-15(3)17-8-9-19(18(22)12-17)28-13-16-6-7-16;/h8-9,12,14-16H,5-7,10-11,13H2,1-4H3,(H,25,27)(H2,23,24,26);1H. The largest absolute Gasteiger partial charge is 0.490 e. The smallest absolute Gasteiger partial charge is 0.221 e. The second kappa shape index (κ2) is 12.9.